The first-order valence-corrected chi connectivity index (χ1v) is 12.9. The molecule has 0 spiro atoms. The molecule has 4 aromatic rings. The van der Waals surface area contributed by atoms with Crippen molar-refractivity contribution in [1.82, 2.24) is 0 Å². The van der Waals surface area contributed by atoms with E-state index in [9.17, 15) is 4.79 Å². The van der Waals surface area contributed by atoms with Gasteiger partial charge >= 0.3 is 5.97 Å². The normalized spacial score (nSPS) is 13.8. The Morgan fingerprint density at radius 2 is 1.46 bits per heavy atom. The lowest BCUT2D eigenvalue weighted by Gasteiger charge is -2.14. The topological polar surface area (TPSA) is 57.1 Å². The number of ether oxygens (including phenoxy) is 3. The number of halogens is 1. The molecule has 1 heterocycles. The molecule has 0 fully saturated rings. The third kappa shape index (κ3) is 6.27. The standard InChI is InChI=1S/C31H24INO4/c1-21-16-25(13-14-26(21)32)30-33-27(31(34)37-30)17-24-12-15-28(35-19-22-8-4-2-5-9-22)29(18-24)36-20-23-10-6-3-7-11-23/h2-18H,19-20H2,1H3/b27-17-. The molecule has 0 saturated carbocycles. The van der Waals surface area contributed by atoms with E-state index >= 15 is 0 Å². The summed E-state index contributed by atoms with van der Waals surface area (Å²) in [6.45, 7) is 2.81. The van der Waals surface area contributed by atoms with Crippen molar-refractivity contribution in [2.75, 3.05) is 0 Å². The molecule has 0 saturated heterocycles. The van der Waals surface area contributed by atoms with Gasteiger partial charge in [0.05, 0.1) is 0 Å². The number of cyclic esters (lactones) is 1. The van der Waals surface area contributed by atoms with Crippen LogP contribution in [0.5, 0.6) is 11.5 Å². The summed E-state index contributed by atoms with van der Waals surface area (Å²) in [5.74, 6) is 1.02. The van der Waals surface area contributed by atoms with Gasteiger partial charge in [-0.2, -0.15) is 0 Å². The van der Waals surface area contributed by atoms with E-state index < -0.39 is 5.97 Å². The molecule has 0 bridgehead atoms. The highest BCUT2D eigenvalue weighted by molar-refractivity contribution is 14.1. The van der Waals surface area contributed by atoms with E-state index in [0.29, 0.717) is 30.6 Å². The van der Waals surface area contributed by atoms with E-state index in [-0.39, 0.29) is 5.70 Å². The molecular weight excluding hydrogens is 577 g/mol. The maximum atomic E-state index is 12.6. The zero-order chi connectivity index (χ0) is 25.6. The van der Waals surface area contributed by atoms with E-state index in [0.717, 1.165) is 31.4 Å². The molecule has 0 atom stereocenters. The number of esters is 1. The molecule has 0 unspecified atom stereocenters. The third-order valence-electron chi connectivity index (χ3n) is 5.77. The number of hydrogen-bond donors (Lipinski definition) is 0. The second kappa shape index (κ2) is 11.4. The Morgan fingerprint density at radius 1 is 0.811 bits per heavy atom. The first-order chi connectivity index (χ1) is 18.0. The molecule has 5 rings (SSSR count). The van der Waals surface area contributed by atoms with Crippen molar-refractivity contribution < 1.29 is 19.0 Å². The van der Waals surface area contributed by atoms with Crippen LogP contribution in [0.1, 0.15) is 27.8 Å². The molecule has 0 aromatic heterocycles. The number of hydrogen-bond acceptors (Lipinski definition) is 5. The van der Waals surface area contributed by atoms with Crippen LogP contribution >= 0.6 is 22.6 Å². The van der Waals surface area contributed by atoms with Crippen LogP contribution < -0.4 is 9.47 Å². The van der Waals surface area contributed by atoms with Gasteiger partial charge in [0.15, 0.2) is 17.2 Å². The molecule has 5 nitrogen and oxygen atoms in total. The average molecular weight is 601 g/mol. The maximum absolute atomic E-state index is 12.6. The number of aliphatic imine (C=N–C) groups is 1. The number of nitrogens with zero attached hydrogens (tertiary/aromatic N) is 1. The van der Waals surface area contributed by atoms with Crippen molar-refractivity contribution in [2.45, 2.75) is 20.1 Å². The Balaban J connectivity index is 1.41. The second-order valence-corrected chi connectivity index (χ2v) is 9.72. The van der Waals surface area contributed by atoms with Gasteiger partial charge in [-0.25, -0.2) is 9.79 Å². The first-order valence-electron chi connectivity index (χ1n) is 11.8. The summed E-state index contributed by atoms with van der Waals surface area (Å²) in [6.07, 6.45) is 1.70. The van der Waals surface area contributed by atoms with Crippen LogP contribution in [0.25, 0.3) is 6.08 Å². The predicted octanol–water partition coefficient (Wildman–Crippen LogP) is 7.10. The zero-order valence-electron chi connectivity index (χ0n) is 20.2. The molecule has 6 heteroatoms. The Kier molecular flexibility index (Phi) is 7.65. The molecule has 37 heavy (non-hydrogen) atoms. The van der Waals surface area contributed by atoms with Crippen LogP contribution in [-0.4, -0.2) is 11.9 Å². The van der Waals surface area contributed by atoms with Crippen LogP contribution in [0, 0.1) is 10.5 Å². The van der Waals surface area contributed by atoms with Gasteiger partial charge < -0.3 is 14.2 Å². The summed E-state index contributed by atoms with van der Waals surface area (Å²) in [6, 6.07) is 31.3. The zero-order valence-corrected chi connectivity index (χ0v) is 22.3. The van der Waals surface area contributed by atoms with Crippen molar-refractivity contribution in [3.8, 4) is 11.5 Å². The monoisotopic (exact) mass is 601 g/mol. The Bertz CT molecular complexity index is 1480. The van der Waals surface area contributed by atoms with E-state index in [4.69, 9.17) is 14.2 Å². The minimum Gasteiger partial charge on any atom is -0.485 e. The van der Waals surface area contributed by atoms with Crippen LogP contribution in [-0.2, 0) is 22.7 Å². The average Bonchev–Trinajstić information content (AvgIpc) is 3.29. The Labute approximate surface area is 229 Å². The van der Waals surface area contributed by atoms with Crippen molar-refractivity contribution in [3.63, 3.8) is 0 Å². The quantitative estimate of drug-likeness (QED) is 0.123. The molecule has 0 radical (unpaired) electrons. The van der Waals surface area contributed by atoms with Gasteiger partial charge in [0.25, 0.3) is 0 Å². The van der Waals surface area contributed by atoms with Gasteiger partial charge in [0, 0.05) is 9.13 Å². The third-order valence-corrected chi connectivity index (χ3v) is 6.98. The first kappa shape index (κ1) is 24.8. The predicted molar refractivity (Wildman–Crippen MR) is 152 cm³/mol. The summed E-state index contributed by atoms with van der Waals surface area (Å²) >= 11 is 2.27. The van der Waals surface area contributed by atoms with E-state index in [2.05, 4.69) is 27.6 Å². The van der Waals surface area contributed by atoms with Crippen LogP contribution in [0.3, 0.4) is 0 Å². The van der Waals surface area contributed by atoms with E-state index in [1.54, 1.807) is 6.08 Å². The van der Waals surface area contributed by atoms with E-state index in [1.807, 2.05) is 104 Å². The molecule has 1 aliphatic rings. The lowest BCUT2D eigenvalue weighted by Crippen LogP contribution is -2.05. The number of carbonyl (C=O) groups is 1. The Morgan fingerprint density at radius 3 is 2.11 bits per heavy atom. The van der Waals surface area contributed by atoms with Crippen LogP contribution in [0.2, 0.25) is 0 Å². The summed E-state index contributed by atoms with van der Waals surface area (Å²) in [4.78, 5) is 17.0. The van der Waals surface area contributed by atoms with Gasteiger partial charge in [-0.15, -0.1) is 0 Å². The lowest BCUT2D eigenvalue weighted by molar-refractivity contribution is -0.129. The second-order valence-electron chi connectivity index (χ2n) is 8.55. The fourth-order valence-corrected chi connectivity index (χ4v) is 4.12. The highest BCUT2D eigenvalue weighted by atomic mass is 127. The van der Waals surface area contributed by atoms with Gasteiger partial charge in [-0.05, 0) is 88.2 Å². The van der Waals surface area contributed by atoms with Gasteiger partial charge in [-0.3, -0.25) is 0 Å². The highest BCUT2D eigenvalue weighted by Gasteiger charge is 2.24. The number of aryl methyl sites for hydroxylation is 1. The molecule has 4 aromatic carbocycles. The SMILES string of the molecule is Cc1cc(C2=N/C(=C\c3ccc(OCc4ccccc4)c(OCc4ccccc4)c3)C(=O)O2)ccc1I. The fraction of sp³-hybridized carbons (Fsp3) is 0.0968. The number of rotatable bonds is 8. The smallest absolute Gasteiger partial charge is 0.363 e. The molecule has 0 amide bonds. The number of carbonyl (C=O) groups excluding carboxylic acids is 1. The lowest BCUT2D eigenvalue weighted by atomic mass is 10.1. The fourth-order valence-electron chi connectivity index (χ4n) is 3.79. The van der Waals surface area contributed by atoms with Gasteiger partial charge in [0.1, 0.15) is 13.2 Å². The summed E-state index contributed by atoms with van der Waals surface area (Å²) in [7, 11) is 0. The van der Waals surface area contributed by atoms with Crippen molar-refractivity contribution in [3.05, 3.63) is 134 Å². The maximum Gasteiger partial charge on any atom is 0.363 e. The molecule has 1 aliphatic heterocycles. The van der Waals surface area contributed by atoms with Crippen LogP contribution in [0.4, 0.5) is 0 Å². The Hall–Kier alpha value is -3.91. The largest absolute Gasteiger partial charge is 0.485 e. The molecule has 0 N–H and O–H groups in total. The van der Waals surface area contributed by atoms with E-state index in [1.165, 1.54) is 0 Å². The molecular formula is C31H24INO4. The molecule has 184 valence electrons. The number of benzene rings is 4. The minimum absolute atomic E-state index is 0.234. The van der Waals surface area contributed by atoms with Crippen molar-refractivity contribution in [1.29, 1.82) is 0 Å². The highest BCUT2D eigenvalue weighted by Crippen LogP contribution is 2.32. The van der Waals surface area contributed by atoms with Crippen LogP contribution in [0.15, 0.2) is 108 Å². The van der Waals surface area contributed by atoms with Crippen molar-refractivity contribution in [2.24, 2.45) is 4.99 Å². The minimum atomic E-state index is -0.484. The molecule has 0 aliphatic carbocycles. The summed E-state index contributed by atoms with van der Waals surface area (Å²) in [5, 5.41) is 0. The van der Waals surface area contributed by atoms with Gasteiger partial charge in [0.2, 0.25) is 5.90 Å². The summed E-state index contributed by atoms with van der Waals surface area (Å²) in [5.41, 5.74) is 4.96. The van der Waals surface area contributed by atoms with Gasteiger partial charge in [-0.1, -0.05) is 66.7 Å². The van der Waals surface area contributed by atoms with Crippen molar-refractivity contribution >= 4 is 40.5 Å². The summed E-state index contributed by atoms with van der Waals surface area (Å²) < 4.78 is 18.8.